The molecular formula is C15H12N2O5. The fourth-order valence-corrected chi connectivity index (χ4v) is 2.07. The molecule has 3 rings (SSSR count). The fourth-order valence-electron chi connectivity index (χ4n) is 2.07. The summed E-state index contributed by atoms with van der Waals surface area (Å²) >= 11 is 0. The number of hydrogen-bond acceptors (Lipinski definition) is 6. The molecule has 0 spiro atoms. The molecule has 0 atom stereocenters. The number of fused-ring (bicyclic) bond motifs is 1. The van der Waals surface area contributed by atoms with E-state index < -0.39 is 11.5 Å². The highest BCUT2D eigenvalue weighted by atomic mass is 16.5. The fraction of sp³-hybridized carbons (Fsp3) is 0.0667. The largest absolute Gasteiger partial charge is 0.496 e. The van der Waals surface area contributed by atoms with Gasteiger partial charge in [-0.05, 0) is 12.1 Å². The summed E-state index contributed by atoms with van der Waals surface area (Å²) in [5.41, 5.74) is 5.60. The topological polar surface area (TPSA) is 108 Å². The number of carbonyl (C=O) groups is 1. The molecule has 0 bridgehead atoms. The number of benzene rings is 1. The average Bonchev–Trinajstić information content (AvgIpc) is 2.84. The standard InChI is InChI=1S/C15H12N2O5/c1-20-9-7-10(18)17-14-11(9)12(16)13(22-14)15(19)21-8-5-3-2-4-6-8/h2-7H,16H2,1H3,(H,17,18). The van der Waals surface area contributed by atoms with E-state index in [4.69, 9.17) is 19.6 Å². The summed E-state index contributed by atoms with van der Waals surface area (Å²) in [6.07, 6.45) is 0. The highest BCUT2D eigenvalue weighted by Crippen LogP contribution is 2.33. The number of aromatic amines is 1. The second-order valence-electron chi connectivity index (χ2n) is 4.45. The Hall–Kier alpha value is -3.22. The molecule has 7 nitrogen and oxygen atoms in total. The first-order valence-electron chi connectivity index (χ1n) is 6.36. The maximum atomic E-state index is 12.2. The van der Waals surface area contributed by atoms with Crippen LogP contribution in [0.25, 0.3) is 11.1 Å². The summed E-state index contributed by atoms with van der Waals surface area (Å²) in [5, 5.41) is 0.321. The van der Waals surface area contributed by atoms with Gasteiger partial charge in [-0.1, -0.05) is 18.2 Å². The average molecular weight is 300 g/mol. The molecule has 3 aromatic rings. The van der Waals surface area contributed by atoms with Gasteiger partial charge in [-0.15, -0.1) is 0 Å². The minimum atomic E-state index is -0.761. The van der Waals surface area contributed by atoms with Gasteiger partial charge >= 0.3 is 5.97 Å². The predicted octanol–water partition coefficient (Wildman–Crippen LogP) is 1.93. The number of methoxy groups -OCH3 is 1. The first-order chi connectivity index (χ1) is 10.6. The predicted molar refractivity (Wildman–Crippen MR) is 79.2 cm³/mol. The summed E-state index contributed by atoms with van der Waals surface area (Å²) in [7, 11) is 1.39. The van der Waals surface area contributed by atoms with Gasteiger partial charge in [0.1, 0.15) is 16.9 Å². The van der Waals surface area contributed by atoms with Crippen molar-refractivity contribution in [3.63, 3.8) is 0 Å². The Morgan fingerprint density at radius 1 is 1.27 bits per heavy atom. The molecule has 22 heavy (non-hydrogen) atoms. The molecule has 0 fully saturated rings. The Balaban J connectivity index is 2.06. The number of aromatic nitrogens is 1. The van der Waals surface area contributed by atoms with Crippen LogP contribution in [0.3, 0.4) is 0 Å². The van der Waals surface area contributed by atoms with Gasteiger partial charge in [-0.3, -0.25) is 9.78 Å². The first-order valence-corrected chi connectivity index (χ1v) is 6.36. The van der Waals surface area contributed by atoms with Crippen molar-refractivity contribution in [1.82, 2.24) is 4.98 Å². The van der Waals surface area contributed by atoms with Crippen molar-refractivity contribution >= 4 is 22.8 Å². The monoisotopic (exact) mass is 300 g/mol. The quantitative estimate of drug-likeness (QED) is 0.565. The number of ether oxygens (including phenoxy) is 2. The van der Waals surface area contributed by atoms with E-state index in [0.29, 0.717) is 11.1 Å². The Bertz CT molecular complexity index is 895. The second-order valence-corrected chi connectivity index (χ2v) is 4.45. The number of para-hydroxylation sites is 1. The molecule has 2 aromatic heterocycles. The van der Waals surface area contributed by atoms with Crippen LogP contribution in [-0.4, -0.2) is 18.1 Å². The molecule has 1 aromatic carbocycles. The minimum absolute atomic E-state index is 0.0454. The van der Waals surface area contributed by atoms with E-state index in [-0.39, 0.29) is 22.9 Å². The van der Waals surface area contributed by atoms with Crippen molar-refractivity contribution in [2.24, 2.45) is 0 Å². The summed E-state index contributed by atoms with van der Waals surface area (Å²) < 4.78 is 15.6. The number of hydrogen-bond donors (Lipinski definition) is 2. The van der Waals surface area contributed by atoms with Gasteiger partial charge in [0.15, 0.2) is 0 Å². The third-order valence-corrected chi connectivity index (χ3v) is 3.05. The van der Waals surface area contributed by atoms with E-state index in [9.17, 15) is 9.59 Å². The number of nitrogen functional groups attached to an aromatic ring is 1. The summed E-state index contributed by atoms with van der Waals surface area (Å²) in [6.45, 7) is 0. The molecule has 0 radical (unpaired) electrons. The van der Waals surface area contributed by atoms with Crippen LogP contribution in [0.5, 0.6) is 11.5 Å². The zero-order chi connectivity index (χ0) is 15.7. The molecule has 112 valence electrons. The molecular weight excluding hydrogens is 288 g/mol. The van der Waals surface area contributed by atoms with E-state index in [2.05, 4.69) is 4.98 Å². The van der Waals surface area contributed by atoms with Crippen LogP contribution in [0.15, 0.2) is 45.6 Å². The van der Waals surface area contributed by atoms with E-state index in [1.165, 1.54) is 13.2 Å². The molecule has 7 heteroatoms. The van der Waals surface area contributed by atoms with Crippen molar-refractivity contribution in [3.8, 4) is 11.5 Å². The lowest BCUT2D eigenvalue weighted by Gasteiger charge is -2.02. The third kappa shape index (κ3) is 2.28. The number of carbonyl (C=O) groups excluding carboxylic acids is 1. The van der Waals surface area contributed by atoms with Crippen molar-refractivity contribution in [2.45, 2.75) is 0 Å². The van der Waals surface area contributed by atoms with Gasteiger partial charge in [-0.2, -0.15) is 0 Å². The Morgan fingerprint density at radius 2 is 2.00 bits per heavy atom. The maximum absolute atomic E-state index is 12.2. The van der Waals surface area contributed by atoms with Crippen LogP contribution in [0.4, 0.5) is 5.69 Å². The second kappa shape index (κ2) is 5.28. The highest BCUT2D eigenvalue weighted by molar-refractivity contribution is 6.05. The Morgan fingerprint density at radius 3 is 2.68 bits per heavy atom. The number of pyridine rings is 1. The molecule has 0 aliphatic heterocycles. The lowest BCUT2D eigenvalue weighted by Crippen LogP contribution is -2.09. The Kier molecular flexibility index (Phi) is 3.30. The van der Waals surface area contributed by atoms with Crippen molar-refractivity contribution in [2.75, 3.05) is 12.8 Å². The van der Waals surface area contributed by atoms with Gasteiger partial charge in [0.2, 0.25) is 11.5 Å². The molecule has 0 saturated heterocycles. The van der Waals surface area contributed by atoms with Crippen molar-refractivity contribution < 1.29 is 18.7 Å². The van der Waals surface area contributed by atoms with Gasteiger partial charge in [0.05, 0.1) is 12.8 Å². The van der Waals surface area contributed by atoms with Gasteiger partial charge in [-0.25, -0.2) is 4.79 Å². The SMILES string of the molecule is COc1cc(=O)[nH]c2oc(C(=O)Oc3ccccc3)c(N)c12. The molecule has 3 N–H and O–H groups in total. The van der Waals surface area contributed by atoms with Gasteiger partial charge in [0.25, 0.3) is 5.56 Å². The lowest BCUT2D eigenvalue weighted by atomic mass is 10.2. The van der Waals surface area contributed by atoms with Crippen LogP contribution in [0.1, 0.15) is 10.6 Å². The van der Waals surface area contributed by atoms with Crippen molar-refractivity contribution in [3.05, 3.63) is 52.5 Å². The number of nitrogens with two attached hydrogens (primary N) is 1. The van der Waals surface area contributed by atoms with Crippen LogP contribution < -0.4 is 20.8 Å². The summed E-state index contributed by atoms with van der Waals surface area (Å²) in [5.74, 6) is -0.381. The molecule has 0 aliphatic carbocycles. The maximum Gasteiger partial charge on any atom is 0.381 e. The molecule has 0 amide bonds. The van der Waals surface area contributed by atoms with Crippen LogP contribution >= 0.6 is 0 Å². The van der Waals surface area contributed by atoms with Crippen LogP contribution in [0, 0.1) is 0 Å². The van der Waals surface area contributed by atoms with E-state index in [1.807, 2.05) is 0 Å². The van der Waals surface area contributed by atoms with Crippen LogP contribution in [0.2, 0.25) is 0 Å². The van der Waals surface area contributed by atoms with Crippen molar-refractivity contribution in [1.29, 1.82) is 0 Å². The minimum Gasteiger partial charge on any atom is -0.496 e. The number of furan rings is 1. The summed E-state index contributed by atoms with van der Waals surface area (Å²) in [4.78, 5) is 26.1. The highest BCUT2D eigenvalue weighted by Gasteiger charge is 2.23. The number of rotatable bonds is 3. The zero-order valence-corrected chi connectivity index (χ0v) is 11.6. The molecule has 2 heterocycles. The van der Waals surface area contributed by atoms with Gasteiger partial charge < -0.3 is 19.6 Å². The summed E-state index contributed by atoms with van der Waals surface area (Å²) in [6, 6.07) is 9.72. The third-order valence-electron chi connectivity index (χ3n) is 3.05. The number of anilines is 1. The van der Waals surface area contributed by atoms with Crippen LogP contribution in [-0.2, 0) is 0 Å². The normalized spacial score (nSPS) is 10.6. The zero-order valence-electron chi connectivity index (χ0n) is 11.6. The Labute approximate surface area is 124 Å². The number of esters is 1. The van der Waals surface area contributed by atoms with E-state index >= 15 is 0 Å². The molecule has 0 saturated carbocycles. The molecule has 0 unspecified atom stereocenters. The first kappa shape index (κ1) is 13.7. The lowest BCUT2D eigenvalue weighted by molar-refractivity contribution is 0.0705. The molecule has 0 aliphatic rings. The number of H-pyrrole nitrogens is 1. The van der Waals surface area contributed by atoms with Gasteiger partial charge in [0, 0.05) is 6.07 Å². The van der Waals surface area contributed by atoms with E-state index in [1.54, 1.807) is 30.3 Å². The van der Waals surface area contributed by atoms with E-state index in [0.717, 1.165) is 0 Å². The number of nitrogens with one attached hydrogen (secondary N) is 1. The smallest absolute Gasteiger partial charge is 0.381 e.